The van der Waals surface area contributed by atoms with Gasteiger partial charge in [-0.15, -0.1) is 0 Å². The highest BCUT2D eigenvalue weighted by Crippen LogP contribution is 1.78. The SMILES string of the molecule is [3H]C(C)(C)N=O. The highest BCUT2D eigenvalue weighted by atomic mass is 16.3. The zero-order valence-corrected chi connectivity index (χ0v) is 3.36. The first-order valence-electron chi connectivity index (χ1n) is 1.91. The Morgan fingerprint density at radius 2 is 2.20 bits per heavy atom. The van der Waals surface area contributed by atoms with Crippen LogP contribution in [0.1, 0.15) is 15.2 Å². The van der Waals surface area contributed by atoms with E-state index in [1.54, 1.807) is 0 Å². The number of nitrogens with zero attached hydrogens (tertiary/aromatic N) is 1. The lowest BCUT2D eigenvalue weighted by atomic mass is 10.4. The molecule has 0 amide bonds. The standard InChI is InChI=1S/C3H7NO/c1-3(2)4-5/h3H,1-2H3/i3T. The molecule has 0 saturated heterocycles. The molecule has 0 atom stereocenters. The first-order valence-corrected chi connectivity index (χ1v) is 1.41. The zero-order chi connectivity index (χ0) is 5.21. The number of rotatable bonds is 1. The Kier molecular flexibility index (Phi) is 1.06. The molecule has 0 bridgehead atoms. The number of hydrogen-bond donors (Lipinski definition) is 0. The van der Waals surface area contributed by atoms with Crippen molar-refractivity contribution in [3.63, 3.8) is 0 Å². The Labute approximate surface area is 32.6 Å². The minimum absolute atomic E-state index is 1.14. The molecule has 2 heteroatoms. The maximum absolute atomic E-state index is 9.39. The van der Waals surface area contributed by atoms with Crippen LogP contribution in [0.25, 0.3) is 0 Å². The van der Waals surface area contributed by atoms with E-state index in [0.29, 0.717) is 0 Å². The monoisotopic (exact) mass is 75.1 g/mol. The summed E-state index contributed by atoms with van der Waals surface area (Å²) in [7, 11) is 0. The molecule has 0 N–H and O–H groups in total. The third kappa shape index (κ3) is 3.60. The van der Waals surface area contributed by atoms with Crippen LogP contribution < -0.4 is 0 Å². The maximum Gasteiger partial charge on any atom is 0.0863 e. The lowest BCUT2D eigenvalue weighted by Gasteiger charge is -1.78. The van der Waals surface area contributed by atoms with E-state index in [-0.39, 0.29) is 0 Å². The largest absolute Gasteiger partial charge is 0.151 e. The van der Waals surface area contributed by atoms with Crippen molar-refractivity contribution < 1.29 is 1.37 Å². The highest BCUT2D eigenvalue weighted by Gasteiger charge is 1.80. The summed E-state index contributed by atoms with van der Waals surface area (Å²) in [6, 6.07) is -1.14. The molecule has 0 aromatic carbocycles. The summed E-state index contributed by atoms with van der Waals surface area (Å²) < 4.78 is 6.70. The van der Waals surface area contributed by atoms with Gasteiger partial charge in [-0.2, -0.15) is 4.91 Å². The molecular weight excluding hydrogens is 66.0 g/mol. The predicted molar refractivity (Wildman–Crippen MR) is 20.9 cm³/mol. The third-order valence-electron chi connectivity index (χ3n) is 0.183. The first-order chi connectivity index (χ1) is 2.56. The molecule has 2 nitrogen and oxygen atoms in total. The summed E-state index contributed by atoms with van der Waals surface area (Å²) in [5.74, 6) is 0. The molecule has 0 aliphatic heterocycles. The van der Waals surface area contributed by atoms with Crippen molar-refractivity contribution in [2.45, 2.75) is 19.9 Å². The summed E-state index contributed by atoms with van der Waals surface area (Å²) >= 11 is 0. The van der Waals surface area contributed by atoms with Crippen LogP contribution in [0, 0.1) is 4.91 Å². The van der Waals surface area contributed by atoms with Crippen LogP contribution in [-0.2, 0) is 0 Å². The second kappa shape index (κ2) is 1.88. The topological polar surface area (TPSA) is 29.4 Å². The molecule has 0 radical (unpaired) electrons. The zero-order valence-electron chi connectivity index (χ0n) is 4.36. The molecule has 0 aliphatic rings. The van der Waals surface area contributed by atoms with Gasteiger partial charge < -0.3 is 0 Å². The Morgan fingerprint density at radius 3 is 2.20 bits per heavy atom. The molecule has 0 saturated carbocycles. The summed E-state index contributed by atoms with van der Waals surface area (Å²) in [4.78, 5) is 9.39. The van der Waals surface area contributed by atoms with Gasteiger partial charge in [-0.05, 0) is 13.8 Å². The maximum atomic E-state index is 9.39. The Morgan fingerprint density at radius 1 is 2.00 bits per heavy atom. The van der Waals surface area contributed by atoms with E-state index in [1.165, 1.54) is 13.8 Å². The average molecular weight is 75.1 g/mol. The molecule has 5 heavy (non-hydrogen) atoms. The molecule has 30 valence electrons. The number of hydrogen-bond acceptors (Lipinski definition) is 2. The van der Waals surface area contributed by atoms with Gasteiger partial charge in [-0.1, -0.05) is 5.18 Å². The van der Waals surface area contributed by atoms with Crippen molar-refractivity contribution in [1.29, 1.82) is 0 Å². The van der Waals surface area contributed by atoms with Crippen molar-refractivity contribution in [2.75, 3.05) is 0 Å². The fourth-order valence-electron chi connectivity index (χ4n) is 0. The summed E-state index contributed by atoms with van der Waals surface area (Å²) in [5, 5.41) is 2.44. The highest BCUT2D eigenvalue weighted by molar-refractivity contribution is 4.43. The van der Waals surface area contributed by atoms with Crippen LogP contribution in [0.5, 0.6) is 0 Å². The van der Waals surface area contributed by atoms with Crippen molar-refractivity contribution in [3.05, 3.63) is 4.91 Å². The van der Waals surface area contributed by atoms with E-state index >= 15 is 0 Å². The van der Waals surface area contributed by atoms with Crippen molar-refractivity contribution in [1.82, 2.24) is 0 Å². The normalized spacial score (nSPS) is 13.6. The van der Waals surface area contributed by atoms with E-state index in [0.717, 1.165) is 0 Å². The third-order valence-corrected chi connectivity index (χ3v) is 0.183. The van der Waals surface area contributed by atoms with Crippen LogP contribution in [0.2, 0.25) is 0 Å². The van der Waals surface area contributed by atoms with E-state index in [9.17, 15) is 4.91 Å². The first kappa shape index (κ1) is 2.82. The summed E-state index contributed by atoms with van der Waals surface area (Å²) in [6.07, 6.45) is 0. The minimum Gasteiger partial charge on any atom is -0.151 e. The second-order valence-corrected chi connectivity index (χ2v) is 1.04. The molecule has 0 aromatic rings. The van der Waals surface area contributed by atoms with Gasteiger partial charge in [0.25, 0.3) is 0 Å². The molecule has 0 heterocycles. The van der Waals surface area contributed by atoms with E-state index in [4.69, 9.17) is 1.37 Å². The molecule has 0 aromatic heterocycles. The Hall–Kier alpha value is -0.400. The fourth-order valence-corrected chi connectivity index (χ4v) is 0. The molecule has 0 aliphatic carbocycles. The van der Waals surface area contributed by atoms with Crippen LogP contribution in [0.3, 0.4) is 0 Å². The van der Waals surface area contributed by atoms with Gasteiger partial charge in [0.15, 0.2) is 0 Å². The van der Waals surface area contributed by atoms with Crippen LogP contribution >= 0.6 is 0 Å². The van der Waals surface area contributed by atoms with Gasteiger partial charge in [0.05, 0.1) is 7.39 Å². The van der Waals surface area contributed by atoms with Gasteiger partial charge in [-0.3, -0.25) is 0 Å². The molecular formula is C3H7NO. The van der Waals surface area contributed by atoms with Gasteiger partial charge >= 0.3 is 0 Å². The van der Waals surface area contributed by atoms with E-state index < -0.39 is 6.02 Å². The minimum atomic E-state index is -1.14. The Balaban J connectivity index is 3.45. The predicted octanol–water partition coefficient (Wildman–Crippen LogP) is 1.16. The quantitative estimate of drug-likeness (QED) is 0.430. The molecule has 0 spiro atoms. The molecule has 0 unspecified atom stereocenters. The van der Waals surface area contributed by atoms with Crippen LogP contribution in [0.4, 0.5) is 0 Å². The number of nitroso groups, excluding NO2 is 1. The van der Waals surface area contributed by atoms with Gasteiger partial charge in [0.1, 0.15) is 0 Å². The van der Waals surface area contributed by atoms with E-state index in [1.807, 2.05) is 0 Å². The van der Waals surface area contributed by atoms with Gasteiger partial charge in [0, 0.05) is 0 Å². The average Bonchev–Trinajstić information content (AvgIpc) is 1.35. The van der Waals surface area contributed by atoms with Crippen LogP contribution in [0.15, 0.2) is 5.18 Å². The fraction of sp³-hybridized carbons (Fsp3) is 1.00. The van der Waals surface area contributed by atoms with E-state index in [2.05, 4.69) is 5.18 Å². The van der Waals surface area contributed by atoms with Crippen molar-refractivity contribution >= 4 is 0 Å². The molecule has 0 fully saturated rings. The Bertz CT molecular complexity index is 56.3. The molecule has 0 rings (SSSR count). The second-order valence-electron chi connectivity index (χ2n) is 1.04. The van der Waals surface area contributed by atoms with Gasteiger partial charge in [0.2, 0.25) is 0 Å². The lowest BCUT2D eigenvalue weighted by molar-refractivity contribution is 0.827. The lowest BCUT2D eigenvalue weighted by Crippen LogP contribution is -1.81. The summed E-state index contributed by atoms with van der Waals surface area (Å²) in [6.45, 7) is 2.86. The van der Waals surface area contributed by atoms with Crippen molar-refractivity contribution in [2.24, 2.45) is 5.18 Å². The smallest absolute Gasteiger partial charge is 0.0863 e. The summed E-state index contributed by atoms with van der Waals surface area (Å²) in [5.41, 5.74) is 0. The van der Waals surface area contributed by atoms with Crippen LogP contribution in [-0.4, -0.2) is 6.02 Å². The van der Waals surface area contributed by atoms with Crippen molar-refractivity contribution in [3.8, 4) is 0 Å². The van der Waals surface area contributed by atoms with Gasteiger partial charge in [-0.25, -0.2) is 0 Å².